The van der Waals surface area contributed by atoms with Crippen LogP contribution in [0.3, 0.4) is 0 Å². The Balaban J connectivity index is 1.51. The Morgan fingerprint density at radius 2 is 1.81 bits per heavy atom. The first kappa shape index (κ1) is 23.4. The van der Waals surface area contributed by atoms with Crippen molar-refractivity contribution in [1.29, 1.82) is 0 Å². The number of hydrogen-bond acceptors (Lipinski definition) is 3. The van der Waals surface area contributed by atoms with Crippen molar-refractivity contribution in [2.45, 2.75) is 26.8 Å². The monoisotopic (exact) mass is 442 g/mol. The van der Waals surface area contributed by atoms with Gasteiger partial charge in [-0.05, 0) is 49.5 Å². The molecule has 0 unspecified atom stereocenters. The fourth-order valence-corrected chi connectivity index (χ4v) is 3.54. The van der Waals surface area contributed by atoms with Gasteiger partial charge in [0.15, 0.2) is 0 Å². The summed E-state index contributed by atoms with van der Waals surface area (Å²) < 4.78 is 28.8. The number of likely N-dealkylation sites (N-methyl/N-ethyl adjacent to an activating group) is 1. The van der Waals surface area contributed by atoms with E-state index in [1.165, 1.54) is 0 Å². The van der Waals surface area contributed by atoms with Gasteiger partial charge in [0.25, 0.3) is 5.91 Å². The predicted molar refractivity (Wildman–Crippen MR) is 122 cm³/mol. The summed E-state index contributed by atoms with van der Waals surface area (Å²) in [5, 5.41) is 6.31. The lowest BCUT2D eigenvalue weighted by molar-refractivity contribution is -0.116. The van der Waals surface area contributed by atoms with E-state index in [4.69, 9.17) is 0 Å². The van der Waals surface area contributed by atoms with E-state index in [-0.39, 0.29) is 24.4 Å². The van der Waals surface area contributed by atoms with Crippen molar-refractivity contribution >= 4 is 28.4 Å². The van der Waals surface area contributed by atoms with Gasteiger partial charge in [-0.25, -0.2) is 8.78 Å². The Hall–Kier alpha value is -3.26. The molecular weight excluding hydrogens is 414 g/mol. The third-order valence-corrected chi connectivity index (χ3v) is 5.42. The molecule has 0 saturated heterocycles. The predicted octanol–water partition coefficient (Wildman–Crippen LogP) is 4.02. The van der Waals surface area contributed by atoms with Crippen LogP contribution in [0.25, 0.3) is 10.9 Å². The second kappa shape index (κ2) is 10.9. The van der Waals surface area contributed by atoms with E-state index >= 15 is 0 Å². The highest BCUT2D eigenvalue weighted by Crippen LogP contribution is 2.21. The topological polar surface area (TPSA) is 66.4 Å². The van der Waals surface area contributed by atoms with Gasteiger partial charge in [0.1, 0.15) is 11.6 Å². The number of aromatic nitrogens is 1. The molecule has 2 aromatic carbocycles. The van der Waals surface area contributed by atoms with Crippen LogP contribution in [0.4, 0.5) is 14.5 Å². The summed E-state index contributed by atoms with van der Waals surface area (Å²) in [5.74, 6) is -2.66. The molecule has 0 aliphatic heterocycles. The molecule has 170 valence electrons. The first-order valence-corrected chi connectivity index (χ1v) is 10.8. The third kappa shape index (κ3) is 5.91. The van der Waals surface area contributed by atoms with Crippen molar-refractivity contribution in [3.8, 4) is 0 Å². The number of fused-ring (bicyclic) bond motifs is 1. The van der Waals surface area contributed by atoms with E-state index in [1.807, 2.05) is 30.5 Å². The molecule has 1 aromatic heterocycles. The Bertz CT molecular complexity index is 1090. The quantitative estimate of drug-likeness (QED) is 0.498. The average Bonchev–Trinajstić information content (AvgIpc) is 3.16. The van der Waals surface area contributed by atoms with Gasteiger partial charge in [-0.2, -0.15) is 0 Å². The van der Waals surface area contributed by atoms with E-state index in [0.717, 1.165) is 49.2 Å². The van der Waals surface area contributed by atoms with Crippen LogP contribution < -0.4 is 10.6 Å². The molecule has 3 rings (SSSR count). The maximum Gasteiger partial charge on any atom is 0.254 e. The molecule has 0 aliphatic carbocycles. The molecule has 0 fully saturated rings. The van der Waals surface area contributed by atoms with Crippen LogP contribution in [0, 0.1) is 11.6 Å². The lowest BCUT2D eigenvalue weighted by Gasteiger charge is -2.18. The molecule has 1 heterocycles. The zero-order valence-electron chi connectivity index (χ0n) is 18.3. The highest BCUT2D eigenvalue weighted by Gasteiger charge is 2.13. The SMILES string of the molecule is CCN(CC)CCn1ccc2cc(NC(=O)CCNC(=O)c3ccc(F)cc3F)ccc21. The summed E-state index contributed by atoms with van der Waals surface area (Å²) in [4.78, 5) is 26.6. The lowest BCUT2D eigenvalue weighted by Crippen LogP contribution is -2.28. The first-order chi connectivity index (χ1) is 15.4. The Kier molecular flexibility index (Phi) is 7.94. The van der Waals surface area contributed by atoms with Gasteiger partial charge in [0, 0.05) is 54.9 Å². The van der Waals surface area contributed by atoms with Crippen molar-refractivity contribution in [2.24, 2.45) is 0 Å². The van der Waals surface area contributed by atoms with Gasteiger partial charge < -0.3 is 20.1 Å². The number of carbonyl (C=O) groups is 2. The van der Waals surface area contributed by atoms with Gasteiger partial charge in [0.2, 0.25) is 5.91 Å². The van der Waals surface area contributed by atoms with Crippen molar-refractivity contribution in [1.82, 2.24) is 14.8 Å². The van der Waals surface area contributed by atoms with Crippen molar-refractivity contribution in [3.63, 3.8) is 0 Å². The fourth-order valence-electron chi connectivity index (χ4n) is 3.54. The smallest absolute Gasteiger partial charge is 0.254 e. The molecule has 3 aromatic rings. The Morgan fingerprint density at radius 3 is 2.53 bits per heavy atom. The molecule has 0 atom stereocenters. The summed E-state index contributed by atoms with van der Waals surface area (Å²) in [5.41, 5.74) is 1.51. The zero-order chi connectivity index (χ0) is 23.1. The second-order valence-electron chi connectivity index (χ2n) is 7.49. The van der Waals surface area contributed by atoms with Crippen molar-refractivity contribution in [3.05, 3.63) is 65.9 Å². The molecule has 0 spiro atoms. The van der Waals surface area contributed by atoms with Gasteiger partial charge in [-0.3, -0.25) is 9.59 Å². The average molecular weight is 443 g/mol. The van der Waals surface area contributed by atoms with E-state index in [2.05, 4.69) is 33.9 Å². The van der Waals surface area contributed by atoms with Gasteiger partial charge in [-0.1, -0.05) is 13.8 Å². The minimum absolute atomic E-state index is 0.0253. The maximum absolute atomic E-state index is 13.6. The summed E-state index contributed by atoms with van der Waals surface area (Å²) in [6.45, 7) is 8.24. The van der Waals surface area contributed by atoms with E-state index < -0.39 is 17.5 Å². The largest absolute Gasteiger partial charge is 0.351 e. The van der Waals surface area contributed by atoms with Crippen LogP contribution in [0.2, 0.25) is 0 Å². The molecular formula is C24H28F2N4O2. The highest BCUT2D eigenvalue weighted by atomic mass is 19.1. The molecule has 2 amide bonds. The zero-order valence-corrected chi connectivity index (χ0v) is 18.3. The fraction of sp³-hybridized carbons (Fsp3) is 0.333. The number of nitrogens with zero attached hydrogens (tertiary/aromatic N) is 2. The number of halogens is 2. The minimum Gasteiger partial charge on any atom is -0.351 e. The number of rotatable bonds is 10. The summed E-state index contributed by atoms with van der Waals surface area (Å²) in [7, 11) is 0. The van der Waals surface area contributed by atoms with Crippen LogP contribution >= 0.6 is 0 Å². The molecule has 0 bridgehead atoms. The number of anilines is 1. The molecule has 2 N–H and O–H groups in total. The number of amides is 2. The van der Waals surface area contributed by atoms with Crippen LogP contribution in [0.5, 0.6) is 0 Å². The number of hydrogen-bond donors (Lipinski definition) is 2. The van der Waals surface area contributed by atoms with E-state index in [9.17, 15) is 18.4 Å². The minimum atomic E-state index is -0.940. The van der Waals surface area contributed by atoms with Crippen molar-refractivity contribution in [2.75, 3.05) is 31.5 Å². The molecule has 0 aliphatic rings. The molecule has 0 saturated carbocycles. The Labute approximate surface area is 186 Å². The van der Waals surface area contributed by atoms with Crippen LogP contribution in [0.15, 0.2) is 48.7 Å². The number of nitrogens with one attached hydrogen (secondary N) is 2. The number of carbonyl (C=O) groups excluding carboxylic acids is 2. The van der Waals surface area contributed by atoms with Crippen LogP contribution in [-0.4, -0.2) is 47.5 Å². The standard InChI is InChI=1S/C24H28F2N4O2/c1-3-29(4-2)13-14-30-12-10-17-15-19(6-8-22(17)30)28-23(31)9-11-27-24(32)20-7-5-18(25)16-21(20)26/h5-8,10,12,15-16H,3-4,9,11,13-14H2,1-2H3,(H,27,32)(H,28,31). The summed E-state index contributed by atoms with van der Waals surface area (Å²) >= 11 is 0. The molecule has 8 heteroatoms. The summed E-state index contributed by atoms with van der Waals surface area (Å²) in [6, 6.07) is 10.5. The molecule has 32 heavy (non-hydrogen) atoms. The molecule has 6 nitrogen and oxygen atoms in total. The van der Waals surface area contributed by atoms with E-state index in [1.54, 1.807) is 0 Å². The lowest BCUT2D eigenvalue weighted by atomic mass is 10.2. The highest BCUT2D eigenvalue weighted by molar-refractivity contribution is 5.96. The molecule has 0 radical (unpaired) electrons. The van der Waals surface area contributed by atoms with Gasteiger partial charge in [0.05, 0.1) is 5.56 Å². The summed E-state index contributed by atoms with van der Waals surface area (Å²) in [6.07, 6.45) is 2.07. The second-order valence-corrected chi connectivity index (χ2v) is 7.49. The number of benzene rings is 2. The van der Waals surface area contributed by atoms with Gasteiger partial charge in [-0.15, -0.1) is 0 Å². The van der Waals surface area contributed by atoms with Crippen molar-refractivity contribution < 1.29 is 18.4 Å². The van der Waals surface area contributed by atoms with E-state index in [0.29, 0.717) is 11.8 Å². The maximum atomic E-state index is 13.6. The van der Waals surface area contributed by atoms with Gasteiger partial charge >= 0.3 is 0 Å². The first-order valence-electron chi connectivity index (χ1n) is 10.8. The normalized spacial score (nSPS) is 11.2. The Morgan fingerprint density at radius 1 is 1.03 bits per heavy atom. The third-order valence-electron chi connectivity index (χ3n) is 5.42. The van der Waals surface area contributed by atoms with Crippen LogP contribution in [0.1, 0.15) is 30.6 Å². The van der Waals surface area contributed by atoms with Crippen LogP contribution in [-0.2, 0) is 11.3 Å².